The molecule has 2 aromatic rings. The van der Waals surface area contributed by atoms with E-state index in [9.17, 15) is 0 Å². The maximum Gasteiger partial charge on any atom is 0.141 e. The zero-order valence-electron chi connectivity index (χ0n) is 11.8. The van der Waals surface area contributed by atoms with E-state index in [-0.39, 0.29) is 0 Å². The van der Waals surface area contributed by atoms with Crippen LogP contribution < -0.4 is 4.74 Å². The lowest BCUT2D eigenvalue weighted by Gasteiger charge is -2.13. The van der Waals surface area contributed by atoms with Crippen molar-refractivity contribution in [2.75, 3.05) is 0 Å². The minimum Gasteiger partial charge on any atom is -0.456 e. The topological polar surface area (TPSA) is 33.0 Å². The molecule has 20 heavy (non-hydrogen) atoms. The van der Waals surface area contributed by atoms with Gasteiger partial charge in [-0.2, -0.15) is 5.26 Å². The van der Waals surface area contributed by atoms with Crippen molar-refractivity contribution in [3.8, 4) is 17.6 Å². The molecule has 0 bridgehead atoms. The van der Waals surface area contributed by atoms with Gasteiger partial charge in [-0.1, -0.05) is 26.0 Å². The molecule has 0 aliphatic heterocycles. The Kier molecular flexibility index (Phi) is 4.46. The molecule has 0 aliphatic rings. The van der Waals surface area contributed by atoms with Crippen LogP contribution in [-0.2, 0) is 0 Å². The molecule has 0 heterocycles. The van der Waals surface area contributed by atoms with Crippen LogP contribution in [0.15, 0.2) is 40.9 Å². The molecule has 0 radical (unpaired) electrons. The lowest BCUT2D eigenvalue weighted by Crippen LogP contribution is -1.93. The number of halogens is 1. The van der Waals surface area contributed by atoms with Crippen molar-refractivity contribution in [1.29, 1.82) is 5.26 Å². The van der Waals surface area contributed by atoms with Gasteiger partial charge in [-0.05, 0) is 64.2 Å². The highest BCUT2D eigenvalue weighted by atomic mass is 79.9. The SMILES string of the molecule is Cc1ccc(C(C)C)cc1Oc1ccc(C#N)cc1Br. The molecule has 0 N–H and O–H groups in total. The molecule has 3 heteroatoms. The second-order valence-electron chi connectivity index (χ2n) is 5.04. The summed E-state index contributed by atoms with van der Waals surface area (Å²) in [7, 11) is 0. The third-order valence-corrected chi connectivity index (χ3v) is 3.78. The Balaban J connectivity index is 2.35. The number of rotatable bonds is 3. The first-order valence-corrected chi connectivity index (χ1v) is 7.28. The van der Waals surface area contributed by atoms with Gasteiger partial charge in [-0.25, -0.2) is 0 Å². The molecule has 0 unspecified atom stereocenters. The first-order chi connectivity index (χ1) is 9.51. The average Bonchev–Trinajstić information content (AvgIpc) is 2.42. The van der Waals surface area contributed by atoms with Crippen LogP contribution in [0.1, 0.15) is 36.5 Å². The molecule has 0 saturated carbocycles. The van der Waals surface area contributed by atoms with E-state index in [2.05, 4.69) is 54.0 Å². The zero-order valence-corrected chi connectivity index (χ0v) is 13.4. The number of hydrogen-bond donors (Lipinski definition) is 0. The number of benzene rings is 2. The van der Waals surface area contributed by atoms with Crippen LogP contribution in [0.25, 0.3) is 0 Å². The molecule has 0 atom stereocenters. The van der Waals surface area contributed by atoms with Crippen LogP contribution in [0.4, 0.5) is 0 Å². The van der Waals surface area contributed by atoms with E-state index in [0.717, 1.165) is 15.8 Å². The summed E-state index contributed by atoms with van der Waals surface area (Å²) in [4.78, 5) is 0. The van der Waals surface area contributed by atoms with Crippen molar-refractivity contribution >= 4 is 15.9 Å². The maximum absolute atomic E-state index is 8.87. The molecule has 2 nitrogen and oxygen atoms in total. The number of ether oxygens (including phenoxy) is 1. The monoisotopic (exact) mass is 329 g/mol. The first-order valence-electron chi connectivity index (χ1n) is 6.49. The van der Waals surface area contributed by atoms with Crippen LogP contribution in [0, 0.1) is 18.3 Å². The van der Waals surface area contributed by atoms with Crippen LogP contribution in [0.3, 0.4) is 0 Å². The lowest BCUT2D eigenvalue weighted by molar-refractivity contribution is 0.474. The Morgan fingerprint density at radius 3 is 2.45 bits per heavy atom. The van der Waals surface area contributed by atoms with Crippen molar-refractivity contribution in [3.05, 3.63) is 57.6 Å². The van der Waals surface area contributed by atoms with Crippen molar-refractivity contribution < 1.29 is 4.74 Å². The lowest BCUT2D eigenvalue weighted by atomic mass is 10.0. The molecule has 0 spiro atoms. The van der Waals surface area contributed by atoms with Gasteiger partial charge >= 0.3 is 0 Å². The van der Waals surface area contributed by atoms with Gasteiger partial charge in [0.1, 0.15) is 11.5 Å². The molecule has 0 amide bonds. The number of aryl methyl sites for hydroxylation is 1. The number of hydrogen-bond acceptors (Lipinski definition) is 2. The van der Waals surface area contributed by atoms with Crippen molar-refractivity contribution in [3.63, 3.8) is 0 Å². The maximum atomic E-state index is 8.87. The van der Waals surface area contributed by atoms with Gasteiger partial charge in [-0.15, -0.1) is 0 Å². The van der Waals surface area contributed by atoms with Gasteiger partial charge in [0.2, 0.25) is 0 Å². The van der Waals surface area contributed by atoms with Crippen LogP contribution in [0.5, 0.6) is 11.5 Å². The van der Waals surface area contributed by atoms with Gasteiger partial charge < -0.3 is 4.74 Å². The highest BCUT2D eigenvalue weighted by molar-refractivity contribution is 9.10. The molecule has 0 aromatic heterocycles. The van der Waals surface area contributed by atoms with E-state index in [1.807, 2.05) is 13.0 Å². The van der Waals surface area contributed by atoms with Gasteiger partial charge in [0.05, 0.1) is 16.1 Å². The van der Waals surface area contributed by atoms with Gasteiger partial charge in [-0.3, -0.25) is 0 Å². The van der Waals surface area contributed by atoms with Crippen molar-refractivity contribution in [1.82, 2.24) is 0 Å². The number of nitrogens with zero attached hydrogens (tertiary/aromatic N) is 1. The van der Waals surface area contributed by atoms with Crippen molar-refractivity contribution in [2.45, 2.75) is 26.7 Å². The summed E-state index contributed by atoms with van der Waals surface area (Å²) in [5, 5.41) is 8.87. The quantitative estimate of drug-likeness (QED) is 0.740. The summed E-state index contributed by atoms with van der Waals surface area (Å²) in [5.74, 6) is 2.02. The van der Waals surface area contributed by atoms with Crippen molar-refractivity contribution in [2.24, 2.45) is 0 Å². The Morgan fingerprint density at radius 1 is 1.10 bits per heavy atom. The highest BCUT2D eigenvalue weighted by Gasteiger charge is 2.08. The predicted molar refractivity (Wildman–Crippen MR) is 84.2 cm³/mol. The fraction of sp³-hybridized carbons (Fsp3) is 0.235. The fourth-order valence-electron chi connectivity index (χ4n) is 1.86. The minimum absolute atomic E-state index is 0.461. The first kappa shape index (κ1) is 14.6. The molecule has 0 saturated heterocycles. The summed E-state index contributed by atoms with van der Waals surface area (Å²) < 4.78 is 6.76. The Morgan fingerprint density at radius 2 is 1.85 bits per heavy atom. The standard InChI is InChI=1S/C17H16BrNO/c1-11(2)14-6-4-12(3)17(9-14)20-16-7-5-13(10-19)8-15(16)18/h4-9,11H,1-3H3. The second-order valence-corrected chi connectivity index (χ2v) is 5.89. The van der Waals surface area contributed by atoms with E-state index < -0.39 is 0 Å². The van der Waals surface area contributed by atoms with Crippen LogP contribution >= 0.6 is 15.9 Å². The Labute approximate surface area is 128 Å². The van der Waals surface area contributed by atoms with E-state index in [1.54, 1.807) is 12.1 Å². The Hall–Kier alpha value is -1.79. The average molecular weight is 330 g/mol. The molecular weight excluding hydrogens is 314 g/mol. The minimum atomic E-state index is 0.461. The van der Waals surface area contributed by atoms with E-state index in [0.29, 0.717) is 17.2 Å². The summed E-state index contributed by atoms with van der Waals surface area (Å²) in [6.07, 6.45) is 0. The summed E-state index contributed by atoms with van der Waals surface area (Å²) >= 11 is 3.44. The molecule has 0 fully saturated rings. The third kappa shape index (κ3) is 3.20. The van der Waals surface area contributed by atoms with Gasteiger partial charge in [0.25, 0.3) is 0 Å². The summed E-state index contributed by atoms with van der Waals surface area (Å²) in [6.45, 7) is 6.34. The predicted octanol–water partition coefficient (Wildman–Crippen LogP) is 5.54. The zero-order chi connectivity index (χ0) is 14.7. The summed E-state index contributed by atoms with van der Waals surface area (Å²) in [6, 6.07) is 13.7. The number of nitriles is 1. The van der Waals surface area contributed by atoms with E-state index in [4.69, 9.17) is 10.00 Å². The van der Waals surface area contributed by atoms with Crippen LogP contribution in [-0.4, -0.2) is 0 Å². The molecule has 2 rings (SSSR count). The summed E-state index contributed by atoms with van der Waals surface area (Å²) in [5.41, 5.74) is 2.94. The third-order valence-electron chi connectivity index (χ3n) is 3.16. The fourth-order valence-corrected chi connectivity index (χ4v) is 2.32. The molecule has 2 aromatic carbocycles. The smallest absolute Gasteiger partial charge is 0.141 e. The molecular formula is C17H16BrNO. The Bertz CT molecular complexity index is 671. The normalized spacial score (nSPS) is 10.4. The van der Waals surface area contributed by atoms with Crippen LogP contribution in [0.2, 0.25) is 0 Å². The largest absolute Gasteiger partial charge is 0.456 e. The molecule has 102 valence electrons. The van der Waals surface area contributed by atoms with E-state index >= 15 is 0 Å². The second kappa shape index (κ2) is 6.11. The highest BCUT2D eigenvalue weighted by Crippen LogP contribution is 2.33. The van der Waals surface area contributed by atoms with E-state index in [1.165, 1.54) is 5.56 Å². The van der Waals surface area contributed by atoms with Gasteiger partial charge in [0, 0.05) is 0 Å². The molecule has 0 aliphatic carbocycles. The van der Waals surface area contributed by atoms with Gasteiger partial charge in [0.15, 0.2) is 0 Å².